The quantitative estimate of drug-likeness (QED) is 0.414. The Morgan fingerprint density at radius 1 is 1.07 bits per heavy atom. The fraction of sp³-hybridized carbons (Fsp3) is 0.318. The van der Waals surface area contributed by atoms with Crippen LogP contribution in [0, 0.1) is 6.92 Å². The van der Waals surface area contributed by atoms with Crippen molar-refractivity contribution in [2.75, 3.05) is 5.32 Å². The Labute approximate surface area is 177 Å². The van der Waals surface area contributed by atoms with Crippen molar-refractivity contribution in [1.82, 2.24) is 16.2 Å². The predicted octanol–water partition coefficient (Wildman–Crippen LogP) is 3.47. The van der Waals surface area contributed by atoms with E-state index in [0.29, 0.717) is 5.56 Å². The van der Waals surface area contributed by atoms with E-state index in [9.17, 15) is 9.59 Å². The molecule has 0 saturated heterocycles. The predicted molar refractivity (Wildman–Crippen MR) is 121 cm³/mol. The molecular weight excluding hydrogens is 384 g/mol. The number of unbranched alkanes of at least 4 members (excludes halogenated alkanes) is 1. The van der Waals surface area contributed by atoms with E-state index in [2.05, 4.69) is 40.5 Å². The molecule has 2 amide bonds. The van der Waals surface area contributed by atoms with E-state index in [4.69, 9.17) is 12.2 Å². The Kier molecular flexibility index (Phi) is 8.61. The highest BCUT2D eigenvalue weighted by Gasteiger charge is 2.16. The van der Waals surface area contributed by atoms with Gasteiger partial charge in [-0.1, -0.05) is 43.2 Å². The summed E-state index contributed by atoms with van der Waals surface area (Å²) in [5, 5.41) is 5.94. The van der Waals surface area contributed by atoms with Crippen LogP contribution in [0.5, 0.6) is 0 Å². The van der Waals surface area contributed by atoms with Gasteiger partial charge in [0.05, 0.1) is 0 Å². The molecule has 0 spiro atoms. The third-order valence-corrected chi connectivity index (χ3v) is 4.56. The summed E-state index contributed by atoms with van der Waals surface area (Å²) in [6.07, 6.45) is 3.39. The first-order chi connectivity index (χ1) is 13.9. The van der Waals surface area contributed by atoms with Crippen LogP contribution in [0.4, 0.5) is 5.69 Å². The molecule has 2 rings (SSSR count). The summed E-state index contributed by atoms with van der Waals surface area (Å²) < 4.78 is 0. The molecule has 29 heavy (non-hydrogen) atoms. The van der Waals surface area contributed by atoms with Gasteiger partial charge in [-0.25, -0.2) is 0 Å². The van der Waals surface area contributed by atoms with Crippen molar-refractivity contribution in [3.05, 3.63) is 65.2 Å². The summed E-state index contributed by atoms with van der Waals surface area (Å²) in [5.41, 5.74) is 8.76. The van der Waals surface area contributed by atoms with Crippen LogP contribution in [0.25, 0.3) is 0 Å². The molecular formula is C22H28N4O2S. The first-order valence-corrected chi connectivity index (χ1v) is 10.1. The van der Waals surface area contributed by atoms with Crippen LogP contribution >= 0.6 is 12.2 Å². The number of aryl methyl sites for hydroxylation is 2. The van der Waals surface area contributed by atoms with Crippen molar-refractivity contribution in [1.29, 1.82) is 0 Å². The maximum atomic E-state index is 12.2. The van der Waals surface area contributed by atoms with E-state index in [0.717, 1.165) is 30.5 Å². The molecule has 0 aliphatic carbocycles. The molecule has 0 saturated carbocycles. The number of hydrogen-bond donors (Lipinski definition) is 4. The molecule has 2 aromatic carbocycles. The molecule has 0 radical (unpaired) electrons. The molecule has 0 bridgehead atoms. The topological polar surface area (TPSA) is 82.3 Å². The SMILES string of the molecule is CCCCc1ccc(NC(=S)NNC(=O)[C@H](C)NC(=O)c2cccc(C)c2)cc1. The zero-order chi connectivity index (χ0) is 21.2. The first kappa shape index (κ1) is 22.4. The average Bonchev–Trinajstić information content (AvgIpc) is 2.71. The molecule has 0 aliphatic heterocycles. The van der Waals surface area contributed by atoms with Gasteiger partial charge in [0.15, 0.2) is 5.11 Å². The van der Waals surface area contributed by atoms with Gasteiger partial charge < -0.3 is 10.6 Å². The normalized spacial score (nSPS) is 11.3. The second-order valence-electron chi connectivity index (χ2n) is 6.93. The number of benzene rings is 2. The van der Waals surface area contributed by atoms with Crippen molar-refractivity contribution < 1.29 is 9.59 Å². The third-order valence-electron chi connectivity index (χ3n) is 4.35. The Morgan fingerprint density at radius 3 is 2.45 bits per heavy atom. The second kappa shape index (κ2) is 11.2. The number of carbonyl (C=O) groups is 2. The third kappa shape index (κ3) is 7.54. The van der Waals surface area contributed by atoms with Crippen molar-refractivity contribution in [2.24, 2.45) is 0 Å². The molecule has 7 heteroatoms. The van der Waals surface area contributed by atoms with Crippen LogP contribution in [0.3, 0.4) is 0 Å². The molecule has 6 nitrogen and oxygen atoms in total. The maximum Gasteiger partial charge on any atom is 0.260 e. The standard InChI is InChI=1S/C22H28N4O2S/c1-4-5-8-17-10-12-19(13-11-17)24-22(29)26-25-20(27)16(3)23-21(28)18-9-6-7-15(2)14-18/h6-7,9-14,16H,4-5,8H2,1-3H3,(H,23,28)(H,25,27)(H2,24,26,29)/t16-/m0/s1. The fourth-order valence-electron chi connectivity index (χ4n) is 2.66. The number of carbonyl (C=O) groups excluding carboxylic acids is 2. The van der Waals surface area contributed by atoms with Crippen LogP contribution < -0.4 is 21.5 Å². The van der Waals surface area contributed by atoms with Gasteiger partial charge in [0.25, 0.3) is 11.8 Å². The van der Waals surface area contributed by atoms with Crippen molar-refractivity contribution >= 4 is 34.8 Å². The van der Waals surface area contributed by atoms with Crippen LogP contribution in [-0.4, -0.2) is 23.0 Å². The lowest BCUT2D eigenvalue weighted by molar-refractivity contribution is -0.123. The van der Waals surface area contributed by atoms with Gasteiger partial charge in [0.2, 0.25) is 0 Å². The van der Waals surface area contributed by atoms with Crippen LogP contribution in [0.2, 0.25) is 0 Å². The highest BCUT2D eigenvalue weighted by atomic mass is 32.1. The van der Waals surface area contributed by atoms with Crippen LogP contribution in [0.15, 0.2) is 48.5 Å². The van der Waals surface area contributed by atoms with Crippen molar-refractivity contribution in [3.63, 3.8) is 0 Å². The Hall–Kier alpha value is -2.93. The number of amides is 2. The lowest BCUT2D eigenvalue weighted by Crippen LogP contribution is -2.51. The van der Waals surface area contributed by atoms with Crippen LogP contribution in [0.1, 0.15) is 48.2 Å². The van der Waals surface area contributed by atoms with E-state index in [1.54, 1.807) is 25.1 Å². The fourth-order valence-corrected chi connectivity index (χ4v) is 2.83. The van der Waals surface area contributed by atoms with E-state index < -0.39 is 11.9 Å². The lowest BCUT2D eigenvalue weighted by Gasteiger charge is -2.16. The Balaban J connectivity index is 1.77. The van der Waals surface area contributed by atoms with Gasteiger partial charge in [-0.05, 0) is 68.7 Å². The average molecular weight is 413 g/mol. The largest absolute Gasteiger partial charge is 0.340 e. The molecule has 0 unspecified atom stereocenters. The summed E-state index contributed by atoms with van der Waals surface area (Å²) in [6.45, 7) is 5.68. The van der Waals surface area contributed by atoms with E-state index >= 15 is 0 Å². The zero-order valence-electron chi connectivity index (χ0n) is 17.0. The monoisotopic (exact) mass is 412 g/mol. The van der Waals surface area contributed by atoms with Gasteiger partial charge >= 0.3 is 0 Å². The van der Waals surface area contributed by atoms with Gasteiger partial charge in [0, 0.05) is 11.3 Å². The summed E-state index contributed by atoms with van der Waals surface area (Å²) >= 11 is 5.20. The molecule has 0 fully saturated rings. The second-order valence-corrected chi connectivity index (χ2v) is 7.34. The maximum absolute atomic E-state index is 12.2. The Bertz CT molecular complexity index is 852. The van der Waals surface area contributed by atoms with Crippen molar-refractivity contribution in [2.45, 2.75) is 46.1 Å². The summed E-state index contributed by atoms with van der Waals surface area (Å²) in [7, 11) is 0. The number of hydrogen-bond acceptors (Lipinski definition) is 3. The minimum atomic E-state index is -0.726. The van der Waals surface area contributed by atoms with E-state index in [1.165, 1.54) is 5.56 Å². The summed E-state index contributed by atoms with van der Waals surface area (Å²) in [5.74, 6) is -0.703. The van der Waals surface area contributed by atoms with E-state index in [-0.39, 0.29) is 11.0 Å². The number of hydrazine groups is 1. The minimum absolute atomic E-state index is 0.261. The zero-order valence-corrected chi connectivity index (χ0v) is 17.9. The number of anilines is 1. The minimum Gasteiger partial charge on any atom is -0.340 e. The molecule has 1 atom stereocenters. The van der Waals surface area contributed by atoms with Gasteiger partial charge in [-0.15, -0.1) is 0 Å². The first-order valence-electron chi connectivity index (χ1n) is 9.72. The lowest BCUT2D eigenvalue weighted by atomic mass is 10.1. The summed E-state index contributed by atoms with van der Waals surface area (Å²) in [6, 6.07) is 14.5. The molecule has 0 aromatic heterocycles. The molecule has 0 aliphatic rings. The van der Waals surface area contributed by atoms with Crippen LogP contribution in [-0.2, 0) is 11.2 Å². The summed E-state index contributed by atoms with van der Waals surface area (Å²) in [4.78, 5) is 24.4. The van der Waals surface area contributed by atoms with E-state index in [1.807, 2.05) is 25.1 Å². The van der Waals surface area contributed by atoms with Crippen molar-refractivity contribution in [3.8, 4) is 0 Å². The van der Waals surface area contributed by atoms with Gasteiger partial charge in [0.1, 0.15) is 6.04 Å². The number of thiocarbonyl (C=S) groups is 1. The highest BCUT2D eigenvalue weighted by Crippen LogP contribution is 2.11. The number of rotatable bonds is 7. The molecule has 4 N–H and O–H groups in total. The molecule has 154 valence electrons. The Morgan fingerprint density at radius 2 is 1.79 bits per heavy atom. The van der Waals surface area contributed by atoms with Gasteiger partial charge in [-0.2, -0.15) is 0 Å². The smallest absolute Gasteiger partial charge is 0.260 e. The number of nitrogens with one attached hydrogen (secondary N) is 4. The molecule has 0 heterocycles. The van der Waals surface area contributed by atoms with Gasteiger partial charge in [-0.3, -0.25) is 20.4 Å². The molecule has 2 aromatic rings. The highest BCUT2D eigenvalue weighted by molar-refractivity contribution is 7.80.